The highest BCUT2D eigenvalue weighted by Gasteiger charge is 2.29. The maximum atomic E-state index is 11.7. The van der Waals surface area contributed by atoms with Crippen LogP contribution in [0.15, 0.2) is 36.4 Å². The van der Waals surface area contributed by atoms with Gasteiger partial charge in [-0.25, -0.2) is 0 Å². The molecule has 0 spiro atoms. The predicted molar refractivity (Wildman–Crippen MR) is 130 cm³/mol. The molecule has 170 valence electrons. The molecule has 1 aliphatic rings. The van der Waals surface area contributed by atoms with E-state index in [-0.39, 0.29) is 11.4 Å². The Morgan fingerprint density at radius 3 is 2.56 bits per heavy atom. The van der Waals surface area contributed by atoms with Crippen molar-refractivity contribution in [2.45, 2.75) is 78.1 Å². The maximum Gasteiger partial charge on any atom is 0.310 e. The molecule has 0 N–H and O–H groups in total. The molecule has 0 aliphatic carbocycles. The van der Waals surface area contributed by atoms with Crippen LogP contribution in [-0.2, 0) is 27.8 Å². The molecule has 0 fully saturated rings. The minimum Gasteiger partial charge on any atom is -0.493 e. The van der Waals surface area contributed by atoms with Crippen LogP contribution in [0, 0.1) is 11.8 Å². The highest BCUT2D eigenvalue weighted by Crippen LogP contribution is 2.40. The van der Waals surface area contributed by atoms with Crippen LogP contribution in [0.4, 0.5) is 0 Å². The molecule has 2 aromatic carbocycles. The van der Waals surface area contributed by atoms with Crippen LogP contribution in [0.2, 0.25) is 0 Å². The van der Waals surface area contributed by atoms with Crippen molar-refractivity contribution in [1.29, 1.82) is 0 Å². The highest BCUT2D eigenvalue weighted by atomic mass is 16.5. The maximum absolute atomic E-state index is 11.7. The number of hydrogen-bond donors (Lipinski definition) is 0. The van der Waals surface area contributed by atoms with Gasteiger partial charge in [0.1, 0.15) is 5.75 Å². The molecule has 1 heterocycles. The van der Waals surface area contributed by atoms with Gasteiger partial charge in [-0.1, -0.05) is 64.0 Å². The number of benzene rings is 2. The quantitative estimate of drug-likeness (QED) is 0.276. The molecule has 0 amide bonds. The van der Waals surface area contributed by atoms with Gasteiger partial charge in [-0.15, -0.1) is 0 Å². The number of esters is 1. The molecule has 0 aromatic heterocycles. The largest absolute Gasteiger partial charge is 0.493 e. The number of carbonyl (C=O) groups excluding carboxylic acids is 1. The van der Waals surface area contributed by atoms with E-state index in [4.69, 9.17) is 9.47 Å². The van der Waals surface area contributed by atoms with Crippen molar-refractivity contribution >= 4 is 5.97 Å². The van der Waals surface area contributed by atoms with Crippen LogP contribution in [0.1, 0.15) is 87.6 Å². The van der Waals surface area contributed by atoms with Gasteiger partial charge >= 0.3 is 5.97 Å². The monoisotopic (exact) mass is 432 g/mol. The highest BCUT2D eigenvalue weighted by molar-refractivity contribution is 5.72. The zero-order valence-corrected chi connectivity index (χ0v) is 20.1. The Hall–Kier alpha value is -2.73. The predicted octanol–water partition coefficient (Wildman–Crippen LogP) is 6.37. The third-order valence-electron chi connectivity index (χ3n) is 6.17. The fourth-order valence-electron chi connectivity index (χ4n) is 4.11. The second-order valence-corrected chi connectivity index (χ2v) is 9.23. The molecule has 1 aliphatic heterocycles. The van der Waals surface area contributed by atoms with Crippen LogP contribution >= 0.6 is 0 Å². The van der Waals surface area contributed by atoms with Gasteiger partial charge < -0.3 is 9.47 Å². The standard InChI is InChI=1S/C29H36O3/c1-5-7-8-9-10-24-21-27-26(29(3,4)17-18-32-27)20-25(24)16-15-22-11-13-23(14-12-22)19-28(30)31-6-2/h11-14,20-21H,5-10,17-19H2,1-4H3. The lowest BCUT2D eigenvalue weighted by atomic mass is 9.78. The molecule has 0 bridgehead atoms. The first kappa shape index (κ1) is 23.9. The average Bonchev–Trinajstić information content (AvgIpc) is 2.76. The molecular formula is C29H36O3. The van der Waals surface area contributed by atoms with E-state index in [0.717, 1.165) is 41.9 Å². The zero-order valence-electron chi connectivity index (χ0n) is 20.1. The zero-order chi connectivity index (χ0) is 23.0. The summed E-state index contributed by atoms with van der Waals surface area (Å²) in [5.41, 5.74) is 5.63. The lowest BCUT2D eigenvalue weighted by molar-refractivity contribution is -0.142. The van der Waals surface area contributed by atoms with Gasteiger partial charge in [-0.2, -0.15) is 0 Å². The van der Waals surface area contributed by atoms with E-state index in [2.05, 4.69) is 44.7 Å². The second-order valence-electron chi connectivity index (χ2n) is 9.23. The molecule has 0 saturated heterocycles. The van der Waals surface area contributed by atoms with Gasteiger partial charge in [-0.3, -0.25) is 4.79 Å². The normalized spacial score (nSPS) is 14.0. The Labute approximate surface area is 193 Å². The van der Waals surface area contributed by atoms with Crippen LogP contribution in [0.25, 0.3) is 0 Å². The first-order valence-electron chi connectivity index (χ1n) is 12.0. The number of ether oxygens (including phenoxy) is 2. The Balaban J connectivity index is 1.84. The van der Waals surface area contributed by atoms with Gasteiger partial charge in [0.25, 0.3) is 0 Å². The summed E-state index contributed by atoms with van der Waals surface area (Å²) in [7, 11) is 0. The fourth-order valence-corrected chi connectivity index (χ4v) is 4.11. The third-order valence-corrected chi connectivity index (χ3v) is 6.17. The van der Waals surface area contributed by atoms with E-state index in [1.54, 1.807) is 0 Å². The van der Waals surface area contributed by atoms with Crippen LogP contribution in [0.5, 0.6) is 5.75 Å². The van der Waals surface area contributed by atoms with Crippen LogP contribution < -0.4 is 4.74 Å². The van der Waals surface area contributed by atoms with E-state index in [1.807, 2.05) is 31.2 Å². The molecular weight excluding hydrogens is 396 g/mol. The van der Waals surface area contributed by atoms with E-state index in [1.165, 1.54) is 36.8 Å². The molecule has 0 saturated carbocycles. The first-order valence-corrected chi connectivity index (χ1v) is 12.0. The molecule has 0 unspecified atom stereocenters. The van der Waals surface area contributed by atoms with Crippen molar-refractivity contribution in [3.8, 4) is 17.6 Å². The first-order chi connectivity index (χ1) is 15.4. The number of hydrogen-bond acceptors (Lipinski definition) is 3. The van der Waals surface area contributed by atoms with Crippen molar-refractivity contribution in [2.75, 3.05) is 13.2 Å². The van der Waals surface area contributed by atoms with E-state index >= 15 is 0 Å². The van der Waals surface area contributed by atoms with Gasteiger partial charge in [0.2, 0.25) is 0 Å². The minimum absolute atomic E-state index is 0.0967. The minimum atomic E-state index is -0.196. The summed E-state index contributed by atoms with van der Waals surface area (Å²) < 4.78 is 11.0. The number of unbranched alkanes of at least 4 members (excludes halogenated alkanes) is 3. The number of fused-ring (bicyclic) bond motifs is 1. The molecule has 3 heteroatoms. The number of rotatable bonds is 8. The van der Waals surface area contributed by atoms with Crippen molar-refractivity contribution in [1.82, 2.24) is 0 Å². The number of carbonyl (C=O) groups is 1. The summed E-state index contributed by atoms with van der Waals surface area (Å²) in [6.45, 7) is 9.82. The Kier molecular flexibility index (Phi) is 8.39. The lowest BCUT2D eigenvalue weighted by Crippen LogP contribution is -2.27. The van der Waals surface area contributed by atoms with Crippen molar-refractivity contribution in [3.63, 3.8) is 0 Å². The van der Waals surface area contributed by atoms with E-state index in [9.17, 15) is 4.79 Å². The molecule has 32 heavy (non-hydrogen) atoms. The van der Waals surface area contributed by atoms with E-state index in [0.29, 0.717) is 13.0 Å². The third kappa shape index (κ3) is 6.39. The van der Waals surface area contributed by atoms with E-state index < -0.39 is 0 Å². The SMILES string of the molecule is CCCCCCc1cc2c(cc1C#Cc1ccc(CC(=O)OCC)cc1)C(C)(C)CCO2. The number of aryl methyl sites for hydroxylation is 1. The van der Waals surface area contributed by atoms with Crippen LogP contribution in [0.3, 0.4) is 0 Å². The summed E-state index contributed by atoms with van der Waals surface area (Å²) in [5.74, 6) is 7.61. The van der Waals surface area contributed by atoms with Gasteiger partial charge in [0.05, 0.1) is 19.6 Å². The van der Waals surface area contributed by atoms with Gasteiger partial charge in [-0.05, 0) is 67.0 Å². The average molecular weight is 433 g/mol. The van der Waals surface area contributed by atoms with Gasteiger partial charge in [0.15, 0.2) is 0 Å². The fraction of sp³-hybridized carbons (Fsp3) is 0.483. The topological polar surface area (TPSA) is 35.5 Å². The Morgan fingerprint density at radius 1 is 1.06 bits per heavy atom. The summed E-state index contributed by atoms with van der Waals surface area (Å²) in [5, 5.41) is 0. The summed E-state index contributed by atoms with van der Waals surface area (Å²) in [6.07, 6.45) is 7.27. The van der Waals surface area contributed by atoms with Crippen LogP contribution in [-0.4, -0.2) is 19.2 Å². The molecule has 0 radical (unpaired) electrons. The summed E-state index contributed by atoms with van der Waals surface area (Å²) in [6, 6.07) is 12.4. The Morgan fingerprint density at radius 2 is 1.84 bits per heavy atom. The smallest absolute Gasteiger partial charge is 0.310 e. The summed E-state index contributed by atoms with van der Waals surface area (Å²) in [4.78, 5) is 11.7. The lowest BCUT2D eigenvalue weighted by Gasteiger charge is -2.33. The molecule has 0 atom stereocenters. The molecule has 2 aromatic rings. The second kappa shape index (κ2) is 11.2. The summed E-state index contributed by atoms with van der Waals surface area (Å²) >= 11 is 0. The molecule has 3 nitrogen and oxygen atoms in total. The van der Waals surface area contributed by atoms with Gasteiger partial charge in [0, 0.05) is 16.7 Å². The molecule has 3 rings (SSSR count). The van der Waals surface area contributed by atoms with Crippen molar-refractivity contribution in [2.24, 2.45) is 0 Å². The van der Waals surface area contributed by atoms with Crippen molar-refractivity contribution < 1.29 is 14.3 Å². The van der Waals surface area contributed by atoms with Crippen molar-refractivity contribution in [3.05, 3.63) is 64.2 Å². The Bertz CT molecular complexity index is 974.